The number of halogens is 1. The van der Waals surface area contributed by atoms with Crippen molar-refractivity contribution in [2.75, 3.05) is 0 Å². The van der Waals surface area contributed by atoms with Gasteiger partial charge in [-0.3, -0.25) is 0 Å². The number of rotatable bonds is 7. The molecule has 1 amide bonds. The zero-order valence-corrected chi connectivity index (χ0v) is 25.7. The van der Waals surface area contributed by atoms with Crippen LogP contribution in [0.4, 0.5) is 9.18 Å². The second-order valence-electron chi connectivity index (χ2n) is 12.1. The van der Waals surface area contributed by atoms with Crippen molar-refractivity contribution in [3.05, 3.63) is 89.7 Å². The largest absolute Gasteiger partial charge is 0.439 e. The summed E-state index contributed by atoms with van der Waals surface area (Å²) in [5.41, 5.74) is -0.926. The number of carbonyl (C=O) groups excluding carboxylic acids is 1. The maximum atomic E-state index is 15.4. The number of carbonyl (C=O) groups is 1. The normalized spacial score (nSPS) is 12.9. The number of hydrogen-bond acceptors (Lipinski definition) is 4. The van der Waals surface area contributed by atoms with E-state index in [1.807, 2.05) is 54.6 Å². The van der Waals surface area contributed by atoms with Crippen molar-refractivity contribution in [1.29, 1.82) is 0 Å². The molecule has 0 heterocycles. The van der Waals surface area contributed by atoms with Crippen molar-refractivity contribution in [3.8, 4) is 0 Å². The molecule has 3 aromatic rings. The predicted molar refractivity (Wildman–Crippen MR) is 156 cm³/mol. The van der Waals surface area contributed by atoms with Crippen molar-refractivity contribution in [2.45, 2.75) is 76.8 Å². The highest BCUT2D eigenvalue weighted by atomic mass is 32.2. The van der Waals surface area contributed by atoms with Gasteiger partial charge in [0.05, 0.1) is 0 Å². The van der Waals surface area contributed by atoms with Crippen LogP contribution < -0.4 is 20.1 Å². The highest BCUT2D eigenvalue weighted by Crippen LogP contribution is 2.32. The van der Waals surface area contributed by atoms with Gasteiger partial charge in [-0.2, -0.15) is 0 Å². The Bertz CT molecular complexity index is 1410. The van der Waals surface area contributed by atoms with Crippen molar-refractivity contribution in [1.82, 2.24) is 9.70 Å². The van der Waals surface area contributed by atoms with Gasteiger partial charge in [-0.1, -0.05) is 87.5 Å². The zero-order valence-electron chi connectivity index (χ0n) is 23.8. The second-order valence-corrected chi connectivity index (χ2v) is 16.2. The maximum absolute atomic E-state index is 15.4. The number of benzene rings is 3. The van der Waals surface area contributed by atoms with Gasteiger partial charge in [-0.15, -0.1) is 0 Å². The standard InChI is InChI=1S/C30H38FN2O4SSi/c1-28(2,3)21-17-19-23(20-18-21)39(22-13-10-9-11-14-22)33-38(35,36)26-24(15-12-16-25(26)31)30(7,8)37-27(34)32-29(4,5)6/h9-20,33H,1-8H3,(H,32,34). The van der Waals surface area contributed by atoms with E-state index in [1.54, 1.807) is 20.8 Å². The lowest BCUT2D eigenvalue weighted by atomic mass is 9.87. The smallest absolute Gasteiger partial charge is 0.408 e. The number of ether oxygens (including phenoxy) is 1. The van der Waals surface area contributed by atoms with E-state index in [-0.39, 0.29) is 11.0 Å². The minimum atomic E-state index is -4.40. The number of nitrogens with one attached hydrogen (secondary N) is 2. The summed E-state index contributed by atoms with van der Waals surface area (Å²) < 4.78 is 51.7. The lowest BCUT2D eigenvalue weighted by Gasteiger charge is -2.30. The Morgan fingerprint density at radius 1 is 0.795 bits per heavy atom. The summed E-state index contributed by atoms with van der Waals surface area (Å²) in [4.78, 5) is 12.0. The molecule has 0 aliphatic carbocycles. The summed E-state index contributed by atoms with van der Waals surface area (Å²) in [6, 6.07) is 21.1. The van der Waals surface area contributed by atoms with Crippen LogP contribution in [0, 0.1) is 5.82 Å². The average Bonchev–Trinajstić information content (AvgIpc) is 2.81. The van der Waals surface area contributed by atoms with Crippen LogP contribution in [-0.4, -0.2) is 29.0 Å². The molecule has 0 aromatic heterocycles. The van der Waals surface area contributed by atoms with Gasteiger partial charge in [-0.25, -0.2) is 22.0 Å². The molecule has 0 bridgehead atoms. The Balaban J connectivity index is 2.07. The van der Waals surface area contributed by atoms with Gasteiger partial charge in [0.15, 0.2) is 0 Å². The van der Waals surface area contributed by atoms with Gasteiger partial charge in [0.2, 0.25) is 19.0 Å². The quantitative estimate of drug-likeness (QED) is 0.394. The Morgan fingerprint density at radius 3 is 1.90 bits per heavy atom. The molecule has 0 saturated heterocycles. The fourth-order valence-corrected chi connectivity index (χ4v) is 8.80. The van der Waals surface area contributed by atoms with Crippen LogP contribution in [0.3, 0.4) is 0 Å². The Hall–Kier alpha value is -3.01. The minimum Gasteiger partial charge on any atom is -0.439 e. The van der Waals surface area contributed by atoms with E-state index < -0.39 is 46.9 Å². The van der Waals surface area contributed by atoms with E-state index in [1.165, 1.54) is 26.0 Å². The minimum absolute atomic E-state index is 0.0385. The molecule has 0 unspecified atom stereocenters. The Kier molecular flexibility index (Phi) is 8.79. The molecule has 6 nitrogen and oxygen atoms in total. The first kappa shape index (κ1) is 30.5. The van der Waals surface area contributed by atoms with Crippen molar-refractivity contribution >= 4 is 35.4 Å². The molecule has 209 valence electrons. The predicted octanol–water partition coefficient (Wildman–Crippen LogP) is 4.97. The Morgan fingerprint density at radius 2 is 1.36 bits per heavy atom. The maximum Gasteiger partial charge on any atom is 0.408 e. The van der Waals surface area contributed by atoms with Gasteiger partial charge in [-0.05, 0) is 62.0 Å². The highest BCUT2D eigenvalue weighted by Gasteiger charge is 2.37. The van der Waals surface area contributed by atoms with Crippen molar-refractivity contribution in [2.24, 2.45) is 0 Å². The number of amides is 1. The number of sulfonamides is 1. The summed E-state index contributed by atoms with van der Waals surface area (Å²) in [5, 5.41) is 4.30. The van der Waals surface area contributed by atoms with Crippen LogP contribution in [0.25, 0.3) is 0 Å². The summed E-state index contributed by atoms with van der Waals surface area (Å²) in [6.07, 6.45) is -0.735. The van der Waals surface area contributed by atoms with E-state index in [9.17, 15) is 13.2 Å². The lowest BCUT2D eigenvalue weighted by molar-refractivity contribution is 0.0298. The molecular formula is C30H38FN2O4SSi. The van der Waals surface area contributed by atoms with Gasteiger partial charge in [0.25, 0.3) is 0 Å². The average molecular weight is 570 g/mol. The van der Waals surface area contributed by atoms with Crippen molar-refractivity contribution < 1.29 is 22.3 Å². The number of alkyl carbamates (subject to hydrolysis) is 1. The fourth-order valence-electron chi connectivity index (χ4n) is 4.09. The van der Waals surface area contributed by atoms with E-state index in [2.05, 4.69) is 30.5 Å². The third-order valence-corrected chi connectivity index (χ3v) is 10.7. The molecule has 39 heavy (non-hydrogen) atoms. The van der Waals surface area contributed by atoms with Crippen LogP contribution in [0.5, 0.6) is 0 Å². The lowest BCUT2D eigenvalue weighted by Crippen LogP contribution is -2.56. The molecule has 0 atom stereocenters. The summed E-state index contributed by atoms with van der Waals surface area (Å²) in [5.74, 6) is -0.926. The molecule has 0 spiro atoms. The molecular weight excluding hydrogens is 531 g/mol. The second kappa shape index (κ2) is 11.2. The van der Waals surface area contributed by atoms with Crippen LogP contribution in [0.15, 0.2) is 77.7 Å². The fraction of sp³-hybridized carbons (Fsp3) is 0.367. The first-order chi connectivity index (χ1) is 17.9. The molecule has 2 N–H and O–H groups in total. The van der Waals surface area contributed by atoms with Gasteiger partial charge in [0.1, 0.15) is 16.3 Å². The summed E-state index contributed by atoms with van der Waals surface area (Å²) in [7, 11) is -6.52. The topological polar surface area (TPSA) is 84.5 Å². The van der Waals surface area contributed by atoms with E-state index in [0.29, 0.717) is 0 Å². The van der Waals surface area contributed by atoms with E-state index in [4.69, 9.17) is 4.74 Å². The highest BCUT2D eigenvalue weighted by molar-refractivity contribution is 7.91. The number of hydrogen-bond donors (Lipinski definition) is 2. The monoisotopic (exact) mass is 569 g/mol. The molecule has 1 radical (unpaired) electrons. The third-order valence-electron chi connectivity index (χ3n) is 6.05. The molecule has 3 aromatic carbocycles. The molecule has 9 heteroatoms. The molecule has 0 fully saturated rings. The van der Waals surface area contributed by atoms with Gasteiger partial charge >= 0.3 is 6.09 Å². The van der Waals surface area contributed by atoms with E-state index >= 15 is 4.39 Å². The van der Waals surface area contributed by atoms with Crippen LogP contribution >= 0.6 is 0 Å². The van der Waals surface area contributed by atoms with Gasteiger partial charge < -0.3 is 10.1 Å². The third kappa shape index (κ3) is 7.77. The molecule has 3 rings (SSSR count). The van der Waals surface area contributed by atoms with Crippen LogP contribution in [-0.2, 0) is 25.8 Å². The van der Waals surface area contributed by atoms with Gasteiger partial charge in [0, 0.05) is 11.1 Å². The van der Waals surface area contributed by atoms with Crippen LogP contribution in [0.2, 0.25) is 0 Å². The van der Waals surface area contributed by atoms with Crippen molar-refractivity contribution in [3.63, 3.8) is 0 Å². The molecule has 0 aliphatic rings. The first-order valence-corrected chi connectivity index (χ1v) is 15.8. The molecule has 0 aliphatic heterocycles. The van der Waals surface area contributed by atoms with E-state index in [0.717, 1.165) is 22.0 Å². The SMILES string of the molecule is CC(C)(C)NC(=O)OC(C)(C)c1cccc(F)c1S(=O)(=O)N[Si](c1ccccc1)c1ccc(C(C)(C)C)cc1. The zero-order chi connectivity index (χ0) is 29.2. The Labute approximate surface area is 233 Å². The first-order valence-electron chi connectivity index (χ1n) is 12.8. The summed E-state index contributed by atoms with van der Waals surface area (Å²) in [6.45, 7) is 14.8. The summed E-state index contributed by atoms with van der Waals surface area (Å²) >= 11 is 0. The van der Waals surface area contributed by atoms with Crippen LogP contribution in [0.1, 0.15) is 66.5 Å². The molecule has 0 saturated carbocycles.